The van der Waals surface area contributed by atoms with Crippen molar-refractivity contribution in [1.82, 2.24) is 14.0 Å². The number of benzene rings is 1. The molecule has 1 aliphatic heterocycles. The van der Waals surface area contributed by atoms with E-state index < -0.39 is 0 Å². The van der Waals surface area contributed by atoms with Crippen LogP contribution >= 0.6 is 0 Å². The summed E-state index contributed by atoms with van der Waals surface area (Å²) in [5.74, 6) is 0. The molecule has 1 fully saturated rings. The van der Waals surface area contributed by atoms with Gasteiger partial charge in [0.25, 0.3) is 5.56 Å². The minimum Gasteiger partial charge on any atom is -0.383 e. The molecule has 0 saturated carbocycles. The summed E-state index contributed by atoms with van der Waals surface area (Å²) in [7, 11) is 1.57. The van der Waals surface area contributed by atoms with E-state index in [1.807, 2.05) is 18.2 Å². The molecule has 0 spiro atoms. The first-order valence-electron chi connectivity index (χ1n) is 8.66. The zero-order chi connectivity index (χ0) is 16.9. The Labute approximate surface area is 141 Å². The van der Waals surface area contributed by atoms with E-state index in [2.05, 4.69) is 4.90 Å². The summed E-state index contributed by atoms with van der Waals surface area (Å²) in [4.78, 5) is 27.8. The molecule has 0 N–H and O–H groups in total. The first kappa shape index (κ1) is 16.9. The van der Waals surface area contributed by atoms with Gasteiger partial charge >= 0.3 is 5.69 Å². The van der Waals surface area contributed by atoms with E-state index in [1.165, 1.54) is 23.8 Å². The van der Waals surface area contributed by atoms with E-state index in [4.69, 9.17) is 4.74 Å². The third kappa shape index (κ3) is 3.44. The zero-order valence-electron chi connectivity index (χ0n) is 14.2. The lowest BCUT2D eigenvalue weighted by Crippen LogP contribution is -2.43. The van der Waals surface area contributed by atoms with Crippen LogP contribution in [-0.2, 0) is 17.8 Å². The van der Waals surface area contributed by atoms with Crippen LogP contribution in [0.15, 0.2) is 33.9 Å². The average Bonchev–Trinajstić information content (AvgIpc) is 2.62. The second-order valence-corrected chi connectivity index (χ2v) is 6.30. The van der Waals surface area contributed by atoms with Crippen molar-refractivity contribution in [3.05, 3.63) is 45.1 Å². The summed E-state index contributed by atoms with van der Waals surface area (Å²) in [6.45, 7) is 4.26. The van der Waals surface area contributed by atoms with Crippen molar-refractivity contribution >= 4 is 10.9 Å². The average molecular weight is 331 g/mol. The predicted molar refractivity (Wildman–Crippen MR) is 94.6 cm³/mol. The molecule has 3 rings (SSSR count). The van der Waals surface area contributed by atoms with Crippen LogP contribution in [0.4, 0.5) is 0 Å². The number of aromatic nitrogens is 2. The SMILES string of the molecule is COCCn1c(=O)c2ccccc2n(CCN2CCCCC2)c1=O. The maximum atomic E-state index is 12.8. The molecule has 6 heteroatoms. The number of ether oxygens (including phenoxy) is 1. The molecule has 0 amide bonds. The molecule has 0 atom stereocenters. The van der Waals surface area contributed by atoms with Crippen molar-refractivity contribution in [3.8, 4) is 0 Å². The normalized spacial score (nSPS) is 15.9. The van der Waals surface area contributed by atoms with Gasteiger partial charge in [0.1, 0.15) is 0 Å². The maximum Gasteiger partial charge on any atom is 0.331 e. The zero-order valence-corrected chi connectivity index (χ0v) is 14.2. The van der Waals surface area contributed by atoms with Gasteiger partial charge in [-0.3, -0.25) is 13.9 Å². The smallest absolute Gasteiger partial charge is 0.331 e. The van der Waals surface area contributed by atoms with Gasteiger partial charge in [0.05, 0.1) is 24.1 Å². The van der Waals surface area contributed by atoms with E-state index in [0.717, 1.165) is 25.2 Å². The van der Waals surface area contributed by atoms with Gasteiger partial charge < -0.3 is 9.64 Å². The van der Waals surface area contributed by atoms with Crippen LogP contribution in [0.1, 0.15) is 19.3 Å². The summed E-state index contributed by atoms with van der Waals surface area (Å²) in [6.07, 6.45) is 3.74. The van der Waals surface area contributed by atoms with E-state index in [1.54, 1.807) is 17.7 Å². The topological polar surface area (TPSA) is 56.5 Å². The number of rotatable bonds is 6. The fourth-order valence-corrected chi connectivity index (χ4v) is 3.39. The lowest BCUT2D eigenvalue weighted by atomic mass is 10.1. The number of para-hydroxylation sites is 1. The largest absolute Gasteiger partial charge is 0.383 e. The van der Waals surface area contributed by atoms with Crippen LogP contribution in [-0.4, -0.2) is 47.4 Å². The lowest BCUT2D eigenvalue weighted by Gasteiger charge is -2.27. The van der Waals surface area contributed by atoms with Gasteiger partial charge in [0, 0.05) is 20.2 Å². The summed E-state index contributed by atoms with van der Waals surface area (Å²) < 4.78 is 8.08. The van der Waals surface area contributed by atoms with Crippen molar-refractivity contribution < 1.29 is 4.74 Å². The van der Waals surface area contributed by atoms with E-state index in [9.17, 15) is 9.59 Å². The molecule has 0 radical (unpaired) electrons. The minimum atomic E-state index is -0.243. The summed E-state index contributed by atoms with van der Waals surface area (Å²) in [5, 5.41) is 0.590. The van der Waals surface area contributed by atoms with Gasteiger partial charge in [0.15, 0.2) is 0 Å². The molecule has 6 nitrogen and oxygen atoms in total. The third-order valence-corrected chi connectivity index (χ3v) is 4.74. The van der Waals surface area contributed by atoms with Gasteiger partial charge in [-0.25, -0.2) is 4.79 Å². The molecule has 1 aromatic heterocycles. The first-order valence-corrected chi connectivity index (χ1v) is 8.66. The summed E-state index contributed by atoms with van der Waals surface area (Å²) >= 11 is 0. The molecule has 24 heavy (non-hydrogen) atoms. The number of piperidine rings is 1. The Bertz CT molecular complexity index is 803. The number of fused-ring (bicyclic) bond motifs is 1. The monoisotopic (exact) mass is 331 g/mol. The fourth-order valence-electron chi connectivity index (χ4n) is 3.39. The van der Waals surface area contributed by atoms with Crippen LogP contribution < -0.4 is 11.2 Å². The third-order valence-electron chi connectivity index (χ3n) is 4.74. The van der Waals surface area contributed by atoms with E-state index >= 15 is 0 Å². The summed E-state index contributed by atoms with van der Waals surface area (Å²) in [5.41, 5.74) is 0.243. The highest BCUT2D eigenvalue weighted by atomic mass is 16.5. The standard InChI is InChI=1S/C18H25N3O3/c1-24-14-13-21-17(22)15-7-3-4-8-16(15)20(18(21)23)12-11-19-9-5-2-6-10-19/h3-4,7-8H,2,5-6,9-14H2,1H3. The van der Waals surface area contributed by atoms with Gasteiger partial charge in [-0.1, -0.05) is 18.6 Å². The number of likely N-dealkylation sites (tertiary alicyclic amines) is 1. The van der Waals surface area contributed by atoms with Gasteiger partial charge in [-0.05, 0) is 38.1 Å². The van der Waals surface area contributed by atoms with Crippen LogP contribution in [0.3, 0.4) is 0 Å². The Morgan fingerprint density at radius 1 is 0.958 bits per heavy atom. The van der Waals surface area contributed by atoms with Crippen LogP contribution in [0, 0.1) is 0 Å². The van der Waals surface area contributed by atoms with Crippen molar-refractivity contribution in [3.63, 3.8) is 0 Å². The maximum absolute atomic E-state index is 12.8. The number of methoxy groups -OCH3 is 1. The Morgan fingerprint density at radius 3 is 2.46 bits per heavy atom. The number of hydrogen-bond acceptors (Lipinski definition) is 4. The van der Waals surface area contributed by atoms with Gasteiger partial charge in [0.2, 0.25) is 0 Å². The predicted octanol–water partition coefficient (Wildman–Crippen LogP) is 1.30. The van der Waals surface area contributed by atoms with Crippen molar-refractivity contribution in [2.75, 3.05) is 33.4 Å². The van der Waals surface area contributed by atoms with E-state index in [0.29, 0.717) is 18.5 Å². The molecule has 1 aromatic carbocycles. The summed E-state index contributed by atoms with van der Waals surface area (Å²) in [6, 6.07) is 7.36. The lowest BCUT2D eigenvalue weighted by molar-refractivity contribution is 0.183. The molecule has 130 valence electrons. The van der Waals surface area contributed by atoms with E-state index in [-0.39, 0.29) is 17.8 Å². The highest BCUT2D eigenvalue weighted by molar-refractivity contribution is 5.77. The van der Waals surface area contributed by atoms with Crippen LogP contribution in [0.25, 0.3) is 10.9 Å². The van der Waals surface area contributed by atoms with Gasteiger partial charge in [-0.2, -0.15) is 0 Å². The van der Waals surface area contributed by atoms with Gasteiger partial charge in [-0.15, -0.1) is 0 Å². The van der Waals surface area contributed by atoms with Crippen LogP contribution in [0.2, 0.25) is 0 Å². The molecule has 0 bridgehead atoms. The Morgan fingerprint density at radius 2 is 1.71 bits per heavy atom. The molecule has 1 aliphatic rings. The molecule has 0 aliphatic carbocycles. The highest BCUT2D eigenvalue weighted by Crippen LogP contribution is 2.10. The number of hydrogen-bond donors (Lipinski definition) is 0. The molecule has 2 heterocycles. The van der Waals surface area contributed by atoms with Crippen molar-refractivity contribution in [1.29, 1.82) is 0 Å². The van der Waals surface area contributed by atoms with Crippen molar-refractivity contribution in [2.45, 2.75) is 32.4 Å². The Hall–Kier alpha value is -1.92. The Kier molecular flexibility index (Phi) is 5.48. The molecular formula is C18H25N3O3. The number of nitrogens with zero attached hydrogens (tertiary/aromatic N) is 3. The first-order chi connectivity index (χ1) is 11.7. The highest BCUT2D eigenvalue weighted by Gasteiger charge is 2.15. The molecular weight excluding hydrogens is 306 g/mol. The second-order valence-electron chi connectivity index (χ2n) is 6.30. The Balaban J connectivity index is 1.98. The van der Waals surface area contributed by atoms with Crippen molar-refractivity contribution in [2.24, 2.45) is 0 Å². The second kappa shape index (κ2) is 7.77. The van der Waals surface area contributed by atoms with Crippen LogP contribution in [0.5, 0.6) is 0 Å². The minimum absolute atomic E-state index is 0.234. The molecule has 1 saturated heterocycles. The molecule has 0 unspecified atom stereocenters. The quantitative estimate of drug-likeness (QED) is 0.800. The molecule has 2 aromatic rings. The fraction of sp³-hybridized carbons (Fsp3) is 0.556.